The first-order valence-electron chi connectivity index (χ1n) is 8.58. The van der Waals surface area contributed by atoms with Gasteiger partial charge in [-0.05, 0) is 36.8 Å². The van der Waals surface area contributed by atoms with Crippen LogP contribution in [0.3, 0.4) is 0 Å². The fraction of sp³-hybridized carbons (Fsp3) is 0.350. The van der Waals surface area contributed by atoms with Crippen LogP contribution in [0.15, 0.2) is 54.6 Å². The molecule has 25 heavy (non-hydrogen) atoms. The molecule has 0 spiro atoms. The molecule has 3 rings (SSSR count). The van der Waals surface area contributed by atoms with Crippen molar-refractivity contribution < 1.29 is 9.53 Å². The standard InChI is InChI=1S/C20H23ClN2O2/c1-16(22-11-13-23(14-12-22)20(24)15-21)17-7-9-19(10-8-17)25-18-5-3-2-4-6-18/h2-10,16H,11-15H2,1H3/t16-/m1/s1. The minimum Gasteiger partial charge on any atom is -0.457 e. The molecule has 132 valence electrons. The topological polar surface area (TPSA) is 32.8 Å². The van der Waals surface area contributed by atoms with Crippen molar-refractivity contribution in [3.05, 3.63) is 60.2 Å². The molecule has 0 aromatic heterocycles. The number of ether oxygens (including phenoxy) is 1. The molecule has 0 aliphatic carbocycles. The molecule has 0 N–H and O–H groups in total. The minimum absolute atomic E-state index is 0.0244. The van der Waals surface area contributed by atoms with Crippen LogP contribution in [-0.2, 0) is 4.79 Å². The monoisotopic (exact) mass is 358 g/mol. The van der Waals surface area contributed by atoms with Crippen molar-refractivity contribution in [1.29, 1.82) is 0 Å². The number of carbonyl (C=O) groups excluding carboxylic acids is 1. The van der Waals surface area contributed by atoms with Gasteiger partial charge in [0.05, 0.1) is 0 Å². The minimum atomic E-state index is 0.0244. The van der Waals surface area contributed by atoms with Crippen molar-refractivity contribution in [2.45, 2.75) is 13.0 Å². The Hall–Kier alpha value is -2.04. The normalized spacial score (nSPS) is 16.5. The molecule has 4 nitrogen and oxygen atoms in total. The molecule has 1 aliphatic rings. The molecule has 0 radical (unpaired) electrons. The number of para-hydroxylation sites is 1. The van der Waals surface area contributed by atoms with Gasteiger partial charge in [-0.3, -0.25) is 9.69 Å². The van der Waals surface area contributed by atoms with Crippen LogP contribution in [0.5, 0.6) is 11.5 Å². The largest absolute Gasteiger partial charge is 0.457 e. The molecule has 2 aromatic carbocycles. The average molecular weight is 359 g/mol. The van der Waals surface area contributed by atoms with Crippen molar-refractivity contribution in [3.63, 3.8) is 0 Å². The summed E-state index contributed by atoms with van der Waals surface area (Å²) in [6.07, 6.45) is 0. The molecule has 0 bridgehead atoms. The van der Waals surface area contributed by atoms with Crippen LogP contribution in [-0.4, -0.2) is 47.8 Å². The third-order valence-electron chi connectivity index (χ3n) is 4.67. The summed E-state index contributed by atoms with van der Waals surface area (Å²) in [6, 6.07) is 18.3. The van der Waals surface area contributed by atoms with Crippen molar-refractivity contribution in [3.8, 4) is 11.5 Å². The highest BCUT2D eigenvalue weighted by Crippen LogP contribution is 2.26. The van der Waals surface area contributed by atoms with Crippen LogP contribution in [0.25, 0.3) is 0 Å². The van der Waals surface area contributed by atoms with Gasteiger partial charge in [-0.15, -0.1) is 11.6 Å². The van der Waals surface area contributed by atoms with E-state index in [9.17, 15) is 4.79 Å². The third kappa shape index (κ3) is 4.53. The zero-order valence-electron chi connectivity index (χ0n) is 14.4. The van der Waals surface area contributed by atoms with Gasteiger partial charge in [-0.2, -0.15) is 0 Å². The average Bonchev–Trinajstić information content (AvgIpc) is 2.68. The van der Waals surface area contributed by atoms with E-state index in [2.05, 4.69) is 24.0 Å². The number of hydrogen-bond acceptors (Lipinski definition) is 3. The second-order valence-electron chi connectivity index (χ2n) is 6.21. The molecule has 1 fully saturated rings. The Morgan fingerprint density at radius 2 is 1.60 bits per heavy atom. The predicted octanol–water partition coefficient (Wildman–Crippen LogP) is 3.92. The lowest BCUT2D eigenvalue weighted by atomic mass is 10.1. The van der Waals surface area contributed by atoms with Gasteiger partial charge in [-0.25, -0.2) is 0 Å². The smallest absolute Gasteiger partial charge is 0.237 e. The van der Waals surface area contributed by atoms with Gasteiger partial charge in [-0.1, -0.05) is 30.3 Å². The lowest BCUT2D eigenvalue weighted by Crippen LogP contribution is -2.49. The number of benzene rings is 2. The number of alkyl halides is 1. The van der Waals surface area contributed by atoms with E-state index in [4.69, 9.17) is 16.3 Å². The SMILES string of the molecule is C[C@H](c1ccc(Oc2ccccc2)cc1)N1CCN(C(=O)CCl)CC1. The Morgan fingerprint density at radius 3 is 2.20 bits per heavy atom. The van der Waals surface area contributed by atoms with E-state index in [0.29, 0.717) is 6.04 Å². The van der Waals surface area contributed by atoms with Crippen LogP contribution in [0.1, 0.15) is 18.5 Å². The Kier molecular flexibility index (Phi) is 5.95. The zero-order valence-corrected chi connectivity index (χ0v) is 15.2. The quantitative estimate of drug-likeness (QED) is 0.759. The second-order valence-corrected chi connectivity index (χ2v) is 6.48. The highest BCUT2D eigenvalue weighted by atomic mass is 35.5. The van der Waals surface area contributed by atoms with Gasteiger partial charge >= 0.3 is 0 Å². The number of carbonyl (C=O) groups is 1. The van der Waals surface area contributed by atoms with Crippen LogP contribution in [0, 0.1) is 0 Å². The maximum atomic E-state index is 11.7. The maximum absolute atomic E-state index is 11.7. The molecule has 0 saturated carbocycles. The van der Waals surface area contributed by atoms with Crippen molar-refractivity contribution in [2.24, 2.45) is 0 Å². The van der Waals surface area contributed by atoms with Crippen molar-refractivity contribution in [1.82, 2.24) is 9.80 Å². The summed E-state index contributed by atoms with van der Waals surface area (Å²) in [5.41, 5.74) is 1.25. The molecule has 1 aliphatic heterocycles. The number of rotatable bonds is 5. The molecule has 5 heteroatoms. The number of nitrogens with zero attached hydrogens (tertiary/aromatic N) is 2. The molecule has 1 heterocycles. The summed E-state index contributed by atoms with van der Waals surface area (Å²) in [5, 5.41) is 0. The van der Waals surface area contributed by atoms with Gasteiger partial charge < -0.3 is 9.64 Å². The van der Waals surface area contributed by atoms with Crippen LogP contribution in [0.2, 0.25) is 0 Å². The summed E-state index contributed by atoms with van der Waals surface area (Å²) in [7, 11) is 0. The summed E-state index contributed by atoms with van der Waals surface area (Å²) in [5.74, 6) is 1.76. The van der Waals surface area contributed by atoms with Crippen LogP contribution >= 0.6 is 11.6 Å². The molecule has 1 saturated heterocycles. The fourth-order valence-electron chi connectivity index (χ4n) is 3.09. The third-order valence-corrected chi connectivity index (χ3v) is 4.90. The van der Waals surface area contributed by atoms with E-state index in [1.54, 1.807) is 0 Å². The molecular formula is C20H23ClN2O2. The van der Waals surface area contributed by atoms with E-state index < -0.39 is 0 Å². The predicted molar refractivity (Wildman–Crippen MR) is 100 cm³/mol. The molecule has 2 aromatic rings. The lowest BCUT2D eigenvalue weighted by Gasteiger charge is -2.38. The van der Waals surface area contributed by atoms with Gasteiger partial charge in [0, 0.05) is 32.2 Å². The number of amides is 1. The Balaban J connectivity index is 1.58. The fourth-order valence-corrected chi connectivity index (χ4v) is 3.26. The first kappa shape index (κ1) is 17.8. The van der Waals surface area contributed by atoms with Crippen LogP contribution in [0.4, 0.5) is 0 Å². The number of hydrogen-bond donors (Lipinski definition) is 0. The summed E-state index contributed by atoms with van der Waals surface area (Å²) >= 11 is 5.64. The zero-order chi connectivity index (χ0) is 17.6. The Labute approximate surface area is 154 Å². The number of piperazine rings is 1. The highest BCUT2D eigenvalue weighted by Gasteiger charge is 2.24. The van der Waals surface area contributed by atoms with E-state index >= 15 is 0 Å². The van der Waals surface area contributed by atoms with Crippen molar-refractivity contribution in [2.75, 3.05) is 32.1 Å². The van der Waals surface area contributed by atoms with E-state index in [-0.39, 0.29) is 11.8 Å². The first-order valence-corrected chi connectivity index (χ1v) is 9.11. The summed E-state index contributed by atoms with van der Waals surface area (Å²) < 4.78 is 5.84. The highest BCUT2D eigenvalue weighted by molar-refractivity contribution is 6.27. The molecule has 1 atom stereocenters. The number of halogens is 1. The van der Waals surface area contributed by atoms with Gasteiger partial charge in [0.15, 0.2) is 0 Å². The summed E-state index contributed by atoms with van der Waals surface area (Å²) in [6.45, 7) is 5.42. The van der Waals surface area contributed by atoms with E-state index in [1.807, 2.05) is 47.4 Å². The molecular weight excluding hydrogens is 336 g/mol. The Morgan fingerprint density at radius 1 is 1.00 bits per heavy atom. The van der Waals surface area contributed by atoms with Gasteiger partial charge in [0.2, 0.25) is 5.91 Å². The van der Waals surface area contributed by atoms with E-state index in [1.165, 1.54) is 5.56 Å². The van der Waals surface area contributed by atoms with E-state index in [0.717, 1.165) is 37.7 Å². The summed E-state index contributed by atoms with van der Waals surface area (Å²) in [4.78, 5) is 15.9. The van der Waals surface area contributed by atoms with Gasteiger partial charge in [0.1, 0.15) is 17.4 Å². The van der Waals surface area contributed by atoms with Gasteiger partial charge in [0.25, 0.3) is 0 Å². The first-order chi connectivity index (χ1) is 12.2. The second kappa shape index (κ2) is 8.37. The lowest BCUT2D eigenvalue weighted by molar-refractivity contribution is -0.130. The molecule has 0 unspecified atom stereocenters. The van der Waals surface area contributed by atoms with Crippen LogP contribution < -0.4 is 4.74 Å². The maximum Gasteiger partial charge on any atom is 0.237 e. The molecule has 1 amide bonds. The Bertz CT molecular complexity index is 683. The van der Waals surface area contributed by atoms with Crippen molar-refractivity contribution >= 4 is 17.5 Å².